The molecule has 1 aromatic rings. The average Bonchev–Trinajstić information content (AvgIpc) is 2.64. The van der Waals surface area contributed by atoms with Crippen LogP contribution in [0.15, 0.2) is 24.3 Å². The topological polar surface area (TPSA) is 47.7 Å². The Morgan fingerprint density at radius 3 is 3.11 bits per heavy atom. The molecule has 0 radical (unpaired) electrons. The molecule has 0 aromatic heterocycles. The molecule has 1 aliphatic rings. The Balaban J connectivity index is 1.79. The monoisotopic (exact) mass is 264 g/mol. The second-order valence-corrected chi connectivity index (χ2v) is 5.00. The van der Waals surface area contributed by atoms with Crippen molar-refractivity contribution in [1.29, 1.82) is 0 Å². The molecule has 0 saturated carbocycles. The number of ether oxygens (including phenoxy) is 2. The van der Waals surface area contributed by atoms with Crippen LogP contribution in [0.1, 0.15) is 18.9 Å². The SMILES string of the molecule is CC1CN(CCOc2ccccc2CN)CCCO1. The lowest BCUT2D eigenvalue weighted by molar-refractivity contribution is 0.0658. The van der Waals surface area contributed by atoms with Crippen LogP contribution in [0.2, 0.25) is 0 Å². The van der Waals surface area contributed by atoms with Crippen molar-refractivity contribution in [3.8, 4) is 5.75 Å². The first-order valence-electron chi connectivity index (χ1n) is 7.04. The second-order valence-electron chi connectivity index (χ2n) is 5.00. The van der Waals surface area contributed by atoms with Gasteiger partial charge in [0.1, 0.15) is 12.4 Å². The first kappa shape index (κ1) is 14.3. The molecule has 1 aromatic carbocycles. The van der Waals surface area contributed by atoms with Crippen molar-refractivity contribution < 1.29 is 9.47 Å². The van der Waals surface area contributed by atoms with Gasteiger partial charge in [-0.25, -0.2) is 0 Å². The number of nitrogens with zero attached hydrogens (tertiary/aromatic N) is 1. The van der Waals surface area contributed by atoms with Gasteiger partial charge in [-0.1, -0.05) is 18.2 Å². The van der Waals surface area contributed by atoms with Crippen LogP contribution >= 0.6 is 0 Å². The summed E-state index contributed by atoms with van der Waals surface area (Å²) in [4.78, 5) is 2.41. The normalized spacial score (nSPS) is 21.1. The first-order valence-corrected chi connectivity index (χ1v) is 7.04. The number of hydrogen-bond acceptors (Lipinski definition) is 4. The van der Waals surface area contributed by atoms with E-state index in [1.54, 1.807) is 0 Å². The average molecular weight is 264 g/mol. The minimum absolute atomic E-state index is 0.318. The fraction of sp³-hybridized carbons (Fsp3) is 0.600. The second kappa shape index (κ2) is 7.48. The van der Waals surface area contributed by atoms with Gasteiger partial charge in [-0.05, 0) is 19.4 Å². The molecular weight excluding hydrogens is 240 g/mol. The Bertz CT molecular complexity index is 384. The van der Waals surface area contributed by atoms with Crippen molar-refractivity contribution in [2.45, 2.75) is 26.0 Å². The maximum absolute atomic E-state index is 5.84. The summed E-state index contributed by atoms with van der Waals surface area (Å²) in [5.41, 5.74) is 6.76. The fourth-order valence-corrected chi connectivity index (χ4v) is 2.38. The van der Waals surface area contributed by atoms with Gasteiger partial charge in [-0.2, -0.15) is 0 Å². The largest absolute Gasteiger partial charge is 0.492 e. The summed E-state index contributed by atoms with van der Waals surface area (Å²) >= 11 is 0. The maximum atomic E-state index is 5.84. The van der Waals surface area contributed by atoms with Crippen molar-refractivity contribution in [2.24, 2.45) is 5.73 Å². The third-order valence-corrected chi connectivity index (χ3v) is 3.39. The minimum Gasteiger partial charge on any atom is -0.492 e. The lowest BCUT2D eigenvalue weighted by Gasteiger charge is -2.22. The predicted octanol–water partition coefficient (Wildman–Crippen LogP) is 1.63. The summed E-state index contributed by atoms with van der Waals surface area (Å²) in [5.74, 6) is 0.907. The van der Waals surface area contributed by atoms with Crippen LogP contribution in [0, 0.1) is 0 Å². The van der Waals surface area contributed by atoms with Gasteiger partial charge >= 0.3 is 0 Å². The van der Waals surface area contributed by atoms with Gasteiger partial charge in [-0.3, -0.25) is 4.90 Å². The van der Waals surface area contributed by atoms with Crippen LogP contribution in [-0.2, 0) is 11.3 Å². The molecule has 4 nitrogen and oxygen atoms in total. The number of rotatable bonds is 5. The molecule has 0 spiro atoms. The molecule has 1 heterocycles. The number of nitrogens with two attached hydrogens (primary N) is 1. The molecule has 1 atom stereocenters. The van der Waals surface area contributed by atoms with Crippen LogP contribution in [0.4, 0.5) is 0 Å². The molecule has 4 heteroatoms. The van der Waals surface area contributed by atoms with E-state index >= 15 is 0 Å². The maximum Gasteiger partial charge on any atom is 0.123 e. The first-order chi connectivity index (χ1) is 9.29. The Morgan fingerprint density at radius 1 is 1.42 bits per heavy atom. The predicted molar refractivity (Wildman–Crippen MR) is 76.3 cm³/mol. The fourth-order valence-electron chi connectivity index (χ4n) is 2.38. The highest BCUT2D eigenvalue weighted by molar-refractivity contribution is 5.32. The van der Waals surface area contributed by atoms with E-state index in [9.17, 15) is 0 Å². The molecular formula is C15H24N2O2. The zero-order valence-electron chi connectivity index (χ0n) is 11.7. The quantitative estimate of drug-likeness (QED) is 0.878. The van der Waals surface area contributed by atoms with Crippen molar-refractivity contribution in [3.63, 3.8) is 0 Å². The van der Waals surface area contributed by atoms with E-state index in [4.69, 9.17) is 15.2 Å². The van der Waals surface area contributed by atoms with Gasteiger partial charge in [0.15, 0.2) is 0 Å². The minimum atomic E-state index is 0.318. The summed E-state index contributed by atoms with van der Waals surface area (Å²) in [6, 6.07) is 7.97. The Morgan fingerprint density at radius 2 is 2.26 bits per heavy atom. The lowest BCUT2D eigenvalue weighted by Crippen LogP contribution is -2.33. The van der Waals surface area contributed by atoms with Gasteiger partial charge in [0.25, 0.3) is 0 Å². The molecule has 1 saturated heterocycles. The molecule has 1 unspecified atom stereocenters. The molecule has 1 fully saturated rings. The Kier molecular flexibility index (Phi) is 5.63. The summed E-state index contributed by atoms with van der Waals surface area (Å²) < 4.78 is 11.5. The van der Waals surface area contributed by atoms with Crippen LogP contribution in [0.5, 0.6) is 5.75 Å². The molecule has 0 bridgehead atoms. The molecule has 106 valence electrons. The standard InChI is InChI=1S/C15H24N2O2/c1-13-12-17(7-4-9-18-13)8-10-19-15-6-3-2-5-14(15)11-16/h2-3,5-6,13H,4,7-12,16H2,1H3. The smallest absolute Gasteiger partial charge is 0.123 e. The van der Waals surface area contributed by atoms with E-state index < -0.39 is 0 Å². The molecule has 2 rings (SSSR count). The number of para-hydroxylation sites is 1. The van der Waals surface area contributed by atoms with Crippen molar-refractivity contribution in [2.75, 3.05) is 32.8 Å². The van der Waals surface area contributed by atoms with Crippen LogP contribution < -0.4 is 10.5 Å². The number of benzene rings is 1. The van der Waals surface area contributed by atoms with Crippen molar-refractivity contribution in [3.05, 3.63) is 29.8 Å². The lowest BCUT2D eigenvalue weighted by atomic mass is 10.2. The zero-order chi connectivity index (χ0) is 13.5. The third-order valence-electron chi connectivity index (χ3n) is 3.39. The highest BCUT2D eigenvalue weighted by Crippen LogP contribution is 2.17. The number of hydrogen-bond donors (Lipinski definition) is 1. The third kappa shape index (κ3) is 4.49. The zero-order valence-corrected chi connectivity index (χ0v) is 11.7. The summed E-state index contributed by atoms with van der Waals surface area (Å²) in [5, 5.41) is 0. The highest BCUT2D eigenvalue weighted by atomic mass is 16.5. The van der Waals surface area contributed by atoms with E-state index in [0.717, 1.165) is 44.0 Å². The van der Waals surface area contributed by atoms with Crippen molar-refractivity contribution in [1.82, 2.24) is 4.90 Å². The van der Waals surface area contributed by atoms with E-state index in [1.165, 1.54) is 0 Å². The molecule has 19 heavy (non-hydrogen) atoms. The molecule has 2 N–H and O–H groups in total. The summed E-state index contributed by atoms with van der Waals surface area (Å²) in [7, 11) is 0. The van der Waals surface area contributed by atoms with Gasteiger partial charge in [0.05, 0.1) is 6.10 Å². The van der Waals surface area contributed by atoms with E-state index in [2.05, 4.69) is 11.8 Å². The van der Waals surface area contributed by atoms with E-state index in [1.807, 2.05) is 24.3 Å². The molecule has 1 aliphatic heterocycles. The van der Waals surface area contributed by atoms with Gasteiger partial charge < -0.3 is 15.2 Å². The molecule has 0 amide bonds. The Labute approximate surface area is 115 Å². The van der Waals surface area contributed by atoms with Gasteiger partial charge in [-0.15, -0.1) is 0 Å². The van der Waals surface area contributed by atoms with Crippen LogP contribution in [0.25, 0.3) is 0 Å². The van der Waals surface area contributed by atoms with Gasteiger partial charge in [0, 0.05) is 38.3 Å². The summed E-state index contributed by atoms with van der Waals surface area (Å²) in [6.45, 7) is 7.23. The Hall–Kier alpha value is -1.10. The molecule has 0 aliphatic carbocycles. The van der Waals surface area contributed by atoms with Crippen LogP contribution in [-0.4, -0.2) is 43.9 Å². The highest BCUT2D eigenvalue weighted by Gasteiger charge is 2.14. The van der Waals surface area contributed by atoms with E-state index in [-0.39, 0.29) is 0 Å². The van der Waals surface area contributed by atoms with E-state index in [0.29, 0.717) is 19.3 Å². The van der Waals surface area contributed by atoms with Crippen LogP contribution in [0.3, 0.4) is 0 Å². The van der Waals surface area contributed by atoms with Gasteiger partial charge in [0.2, 0.25) is 0 Å². The summed E-state index contributed by atoms with van der Waals surface area (Å²) in [6.07, 6.45) is 1.42. The van der Waals surface area contributed by atoms with Crippen molar-refractivity contribution >= 4 is 0 Å².